The van der Waals surface area contributed by atoms with Gasteiger partial charge in [-0.1, -0.05) is 56.3 Å². The topological polar surface area (TPSA) is 80.8 Å². The summed E-state index contributed by atoms with van der Waals surface area (Å²) in [5.74, 6) is 0.549. The van der Waals surface area contributed by atoms with E-state index in [0.717, 1.165) is 52.4 Å². The fourth-order valence-electron chi connectivity index (χ4n) is 5.49. The molecule has 1 fully saturated rings. The molecule has 0 radical (unpaired) electrons. The first-order valence-corrected chi connectivity index (χ1v) is 15.3. The average Bonchev–Trinajstić information content (AvgIpc) is 2.89. The van der Waals surface area contributed by atoms with Crippen LogP contribution in [0.15, 0.2) is 54.6 Å². The SMILES string of the molecule is Cc1nc(C)c([C@H](OC(C)(C)C)C(=O)OC(C)C)c(N2CC(C(C)C)C2)c1-c1ccc(C(=O)NCc2ccccc2)cc1. The van der Waals surface area contributed by atoms with Crippen LogP contribution in [-0.4, -0.2) is 41.7 Å². The molecule has 3 aromatic rings. The van der Waals surface area contributed by atoms with E-state index < -0.39 is 17.7 Å². The monoisotopic (exact) mass is 585 g/mol. The molecule has 2 aromatic carbocycles. The Labute approximate surface area is 257 Å². The fraction of sp³-hybridized carbons (Fsp3) is 0.472. The number of aryl methyl sites for hydroxylation is 2. The first-order chi connectivity index (χ1) is 20.2. The first-order valence-electron chi connectivity index (χ1n) is 15.3. The van der Waals surface area contributed by atoms with Gasteiger partial charge < -0.3 is 19.7 Å². The highest BCUT2D eigenvalue weighted by molar-refractivity contribution is 5.95. The van der Waals surface area contributed by atoms with E-state index in [1.165, 1.54) is 0 Å². The molecule has 7 nitrogen and oxygen atoms in total. The number of ether oxygens (including phenoxy) is 2. The Kier molecular flexibility index (Phi) is 9.96. The van der Waals surface area contributed by atoms with Gasteiger partial charge in [0.2, 0.25) is 0 Å². The van der Waals surface area contributed by atoms with Crippen molar-refractivity contribution < 1.29 is 19.1 Å². The lowest BCUT2D eigenvalue weighted by Crippen LogP contribution is -2.50. The van der Waals surface area contributed by atoms with E-state index in [4.69, 9.17) is 14.5 Å². The number of nitrogens with one attached hydrogen (secondary N) is 1. The van der Waals surface area contributed by atoms with E-state index in [-0.39, 0.29) is 12.0 Å². The zero-order valence-electron chi connectivity index (χ0n) is 27.2. The number of aromatic nitrogens is 1. The highest BCUT2D eigenvalue weighted by Crippen LogP contribution is 2.45. The minimum atomic E-state index is -0.939. The normalized spacial score (nSPS) is 14.5. The second kappa shape index (κ2) is 13.3. The predicted octanol–water partition coefficient (Wildman–Crippen LogP) is 7.20. The summed E-state index contributed by atoms with van der Waals surface area (Å²) in [6, 6.07) is 17.5. The van der Waals surface area contributed by atoms with Gasteiger partial charge in [-0.05, 0) is 83.6 Å². The maximum atomic E-state index is 13.6. The summed E-state index contributed by atoms with van der Waals surface area (Å²) in [6.07, 6.45) is -1.22. The van der Waals surface area contributed by atoms with Crippen molar-refractivity contribution in [1.82, 2.24) is 10.3 Å². The second-order valence-corrected chi connectivity index (χ2v) is 13.2. The van der Waals surface area contributed by atoms with Gasteiger partial charge in [-0.3, -0.25) is 9.78 Å². The van der Waals surface area contributed by atoms with Crippen LogP contribution in [0.4, 0.5) is 5.69 Å². The van der Waals surface area contributed by atoms with E-state index in [2.05, 4.69) is 24.1 Å². The number of carbonyl (C=O) groups is 2. The lowest BCUT2D eigenvalue weighted by atomic mass is 9.85. The molecule has 7 heteroatoms. The van der Waals surface area contributed by atoms with Crippen molar-refractivity contribution in [3.05, 3.63) is 82.7 Å². The number of carbonyl (C=O) groups excluding carboxylic acids is 2. The Morgan fingerprint density at radius 2 is 1.58 bits per heavy atom. The van der Waals surface area contributed by atoms with Gasteiger partial charge in [0.05, 0.1) is 17.4 Å². The van der Waals surface area contributed by atoms with Crippen LogP contribution >= 0.6 is 0 Å². The minimum absolute atomic E-state index is 0.132. The van der Waals surface area contributed by atoms with Gasteiger partial charge in [0, 0.05) is 47.7 Å². The highest BCUT2D eigenvalue weighted by Gasteiger charge is 2.39. The van der Waals surface area contributed by atoms with E-state index in [0.29, 0.717) is 23.9 Å². The van der Waals surface area contributed by atoms with Crippen LogP contribution in [0.25, 0.3) is 11.1 Å². The molecule has 0 aliphatic carbocycles. The number of hydrogen-bond donors (Lipinski definition) is 1. The molecule has 2 heterocycles. The summed E-state index contributed by atoms with van der Waals surface area (Å²) >= 11 is 0. The van der Waals surface area contributed by atoms with Crippen molar-refractivity contribution in [3.63, 3.8) is 0 Å². The van der Waals surface area contributed by atoms with Crippen molar-refractivity contribution in [1.29, 1.82) is 0 Å². The van der Waals surface area contributed by atoms with Gasteiger partial charge in [-0.15, -0.1) is 0 Å². The van der Waals surface area contributed by atoms with Crippen LogP contribution in [0.2, 0.25) is 0 Å². The molecule has 43 heavy (non-hydrogen) atoms. The standard InChI is InChI=1S/C36H47N3O4/c1-22(2)29-20-39(21-29)32-30(27-15-17-28(18-16-27)34(40)37-19-26-13-11-10-12-14-26)24(5)38-25(6)31(32)33(43-36(7,8)9)35(41)42-23(3)4/h10-18,22-23,29,33H,19-21H2,1-9H3,(H,37,40)/t33-/m0/s1. The molecule has 0 unspecified atom stereocenters. The second-order valence-electron chi connectivity index (χ2n) is 13.2. The number of nitrogens with zero attached hydrogens (tertiary/aromatic N) is 2. The third-order valence-corrected chi connectivity index (χ3v) is 7.78. The molecule has 0 spiro atoms. The molecule has 1 saturated heterocycles. The van der Waals surface area contributed by atoms with Gasteiger partial charge in [-0.25, -0.2) is 4.79 Å². The molecule has 1 aliphatic heterocycles. The zero-order chi connectivity index (χ0) is 31.5. The average molecular weight is 586 g/mol. The summed E-state index contributed by atoms with van der Waals surface area (Å²) < 4.78 is 12.2. The first kappa shape index (κ1) is 32.2. The van der Waals surface area contributed by atoms with Gasteiger partial charge in [-0.2, -0.15) is 0 Å². The van der Waals surface area contributed by atoms with Crippen molar-refractivity contribution in [2.45, 2.75) is 86.7 Å². The van der Waals surface area contributed by atoms with Crippen molar-refractivity contribution in [2.75, 3.05) is 18.0 Å². The molecule has 0 bridgehead atoms. The molecule has 1 aliphatic rings. The molecule has 1 atom stereocenters. The van der Waals surface area contributed by atoms with Crippen molar-refractivity contribution in [3.8, 4) is 11.1 Å². The number of benzene rings is 2. The third kappa shape index (κ3) is 7.82. The summed E-state index contributed by atoms with van der Waals surface area (Å²) in [5.41, 5.74) is 6.21. The Morgan fingerprint density at radius 1 is 0.953 bits per heavy atom. The number of esters is 1. The van der Waals surface area contributed by atoms with Crippen LogP contribution in [0.1, 0.15) is 87.4 Å². The fourth-order valence-corrected chi connectivity index (χ4v) is 5.49. The van der Waals surface area contributed by atoms with Crippen LogP contribution in [0, 0.1) is 25.7 Å². The van der Waals surface area contributed by atoms with Gasteiger partial charge >= 0.3 is 5.97 Å². The van der Waals surface area contributed by atoms with E-state index in [1.807, 2.05) is 103 Å². The number of anilines is 1. The molecular weight excluding hydrogens is 538 g/mol. The molecular formula is C36H47N3O4. The predicted molar refractivity (Wildman–Crippen MR) is 172 cm³/mol. The molecule has 1 amide bonds. The van der Waals surface area contributed by atoms with Gasteiger partial charge in [0.1, 0.15) is 0 Å². The quantitative estimate of drug-likeness (QED) is 0.254. The van der Waals surface area contributed by atoms with Crippen LogP contribution in [-0.2, 0) is 20.8 Å². The molecule has 1 aromatic heterocycles. The summed E-state index contributed by atoms with van der Waals surface area (Å²) in [5, 5.41) is 3.00. The number of amides is 1. The Hall–Kier alpha value is -3.71. The number of hydrogen-bond acceptors (Lipinski definition) is 6. The van der Waals surface area contributed by atoms with Gasteiger partial charge in [0.15, 0.2) is 6.10 Å². The lowest BCUT2D eigenvalue weighted by molar-refractivity contribution is -0.171. The Bertz CT molecular complexity index is 1420. The summed E-state index contributed by atoms with van der Waals surface area (Å²) in [4.78, 5) is 33.9. The van der Waals surface area contributed by atoms with E-state index in [9.17, 15) is 9.59 Å². The van der Waals surface area contributed by atoms with E-state index in [1.54, 1.807) is 0 Å². The van der Waals surface area contributed by atoms with Crippen LogP contribution in [0.3, 0.4) is 0 Å². The highest BCUT2D eigenvalue weighted by atomic mass is 16.6. The Morgan fingerprint density at radius 3 is 2.14 bits per heavy atom. The number of rotatable bonds is 10. The maximum absolute atomic E-state index is 13.6. The lowest BCUT2D eigenvalue weighted by Gasteiger charge is -2.46. The minimum Gasteiger partial charge on any atom is -0.461 e. The van der Waals surface area contributed by atoms with Crippen LogP contribution < -0.4 is 10.2 Å². The van der Waals surface area contributed by atoms with Crippen LogP contribution in [0.5, 0.6) is 0 Å². The Balaban J connectivity index is 1.77. The largest absolute Gasteiger partial charge is 0.461 e. The van der Waals surface area contributed by atoms with Crippen molar-refractivity contribution in [2.24, 2.45) is 11.8 Å². The molecule has 0 saturated carbocycles. The summed E-state index contributed by atoms with van der Waals surface area (Å²) in [7, 11) is 0. The smallest absolute Gasteiger partial charge is 0.340 e. The van der Waals surface area contributed by atoms with Crippen molar-refractivity contribution >= 4 is 17.6 Å². The maximum Gasteiger partial charge on any atom is 0.340 e. The molecule has 230 valence electrons. The van der Waals surface area contributed by atoms with E-state index >= 15 is 0 Å². The molecule has 4 rings (SSSR count). The molecule has 1 N–H and O–H groups in total. The number of pyridine rings is 1. The summed E-state index contributed by atoms with van der Waals surface area (Å²) in [6.45, 7) is 20.2. The zero-order valence-corrected chi connectivity index (χ0v) is 27.2. The third-order valence-electron chi connectivity index (χ3n) is 7.78. The van der Waals surface area contributed by atoms with Gasteiger partial charge in [0.25, 0.3) is 5.91 Å².